The summed E-state index contributed by atoms with van der Waals surface area (Å²) >= 11 is 0. The number of anilines is 1. The number of rotatable bonds is 2. The highest BCUT2D eigenvalue weighted by molar-refractivity contribution is 5.81. The largest absolute Gasteiger partial charge is 0.365 e. The lowest BCUT2D eigenvalue weighted by Gasteiger charge is -2.27. The second-order valence-electron chi connectivity index (χ2n) is 5.05. The maximum absolute atomic E-state index is 4.31. The molecule has 2 heterocycles. The molecule has 18 heavy (non-hydrogen) atoms. The summed E-state index contributed by atoms with van der Waals surface area (Å²) < 4.78 is 0. The molecule has 1 N–H and O–H groups in total. The van der Waals surface area contributed by atoms with Crippen molar-refractivity contribution in [2.24, 2.45) is 5.92 Å². The Morgan fingerprint density at radius 3 is 2.61 bits per heavy atom. The lowest BCUT2D eigenvalue weighted by atomic mass is 9.87. The molecule has 2 aromatic heterocycles. The fourth-order valence-corrected chi connectivity index (χ4v) is 2.50. The Morgan fingerprint density at radius 2 is 1.78 bits per heavy atom. The van der Waals surface area contributed by atoms with E-state index in [2.05, 4.69) is 32.2 Å². The summed E-state index contributed by atoms with van der Waals surface area (Å²) in [5, 5.41) is 3.49. The number of fused-ring (bicyclic) bond motifs is 1. The van der Waals surface area contributed by atoms with Gasteiger partial charge >= 0.3 is 0 Å². The third-order valence-electron chi connectivity index (χ3n) is 3.63. The first-order chi connectivity index (χ1) is 8.83. The maximum atomic E-state index is 4.31. The van der Waals surface area contributed by atoms with Gasteiger partial charge < -0.3 is 5.32 Å². The van der Waals surface area contributed by atoms with Crippen LogP contribution in [0.15, 0.2) is 18.7 Å². The molecular formula is C13H17N5. The Morgan fingerprint density at radius 1 is 1.00 bits per heavy atom. The first kappa shape index (κ1) is 11.3. The molecule has 0 aliphatic heterocycles. The van der Waals surface area contributed by atoms with Crippen LogP contribution in [0.25, 0.3) is 11.2 Å². The Labute approximate surface area is 106 Å². The molecule has 1 fully saturated rings. The van der Waals surface area contributed by atoms with Gasteiger partial charge in [0.25, 0.3) is 0 Å². The zero-order chi connectivity index (χ0) is 12.4. The molecule has 0 spiro atoms. The molecule has 0 radical (unpaired) electrons. The van der Waals surface area contributed by atoms with Crippen molar-refractivity contribution >= 4 is 17.0 Å². The van der Waals surface area contributed by atoms with E-state index >= 15 is 0 Å². The van der Waals surface area contributed by atoms with E-state index in [0.717, 1.165) is 17.3 Å². The predicted octanol–water partition coefficient (Wildman–Crippen LogP) is 2.41. The second-order valence-corrected chi connectivity index (χ2v) is 5.05. The van der Waals surface area contributed by atoms with Crippen LogP contribution in [0.5, 0.6) is 0 Å². The quantitative estimate of drug-likeness (QED) is 0.877. The summed E-state index contributed by atoms with van der Waals surface area (Å²) in [7, 11) is 0. The van der Waals surface area contributed by atoms with E-state index in [0.29, 0.717) is 11.7 Å². The van der Waals surface area contributed by atoms with Crippen molar-refractivity contribution < 1.29 is 0 Å². The zero-order valence-corrected chi connectivity index (χ0v) is 10.5. The van der Waals surface area contributed by atoms with Gasteiger partial charge in [-0.15, -0.1) is 0 Å². The molecule has 2 aromatic rings. The molecule has 0 unspecified atom stereocenters. The van der Waals surface area contributed by atoms with Crippen LogP contribution in [0.4, 0.5) is 5.82 Å². The van der Waals surface area contributed by atoms with Crippen LogP contribution in [-0.2, 0) is 0 Å². The summed E-state index contributed by atoms with van der Waals surface area (Å²) in [6, 6.07) is 0.501. The van der Waals surface area contributed by atoms with Crippen molar-refractivity contribution in [2.45, 2.75) is 38.6 Å². The molecule has 94 valence electrons. The molecule has 0 saturated heterocycles. The van der Waals surface area contributed by atoms with Gasteiger partial charge in [-0.25, -0.2) is 19.9 Å². The van der Waals surface area contributed by atoms with Crippen LogP contribution in [0, 0.1) is 5.92 Å². The summed E-state index contributed by atoms with van der Waals surface area (Å²) in [6.07, 6.45) is 9.85. The third-order valence-corrected chi connectivity index (χ3v) is 3.63. The number of hydrogen-bond acceptors (Lipinski definition) is 5. The first-order valence-corrected chi connectivity index (χ1v) is 6.51. The minimum atomic E-state index is 0.501. The van der Waals surface area contributed by atoms with Gasteiger partial charge in [-0.1, -0.05) is 6.92 Å². The van der Waals surface area contributed by atoms with E-state index in [1.54, 1.807) is 18.7 Å². The molecule has 5 nitrogen and oxygen atoms in total. The zero-order valence-electron chi connectivity index (χ0n) is 10.5. The van der Waals surface area contributed by atoms with E-state index in [1.165, 1.54) is 25.7 Å². The topological polar surface area (TPSA) is 63.6 Å². The van der Waals surface area contributed by atoms with E-state index in [4.69, 9.17) is 0 Å². The summed E-state index contributed by atoms with van der Waals surface area (Å²) in [4.78, 5) is 16.9. The van der Waals surface area contributed by atoms with Crippen LogP contribution in [0.1, 0.15) is 32.6 Å². The van der Waals surface area contributed by atoms with Crippen LogP contribution in [0.2, 0.25) is 0 Å². The van der Waals surface area contributed by atoms with Gasteiger partial charge in [0.15, 0.2) is 11.5 Å². The minimum absolute atomic E-state index is 0.501. The van der Waals surface area contributed by atoms with Gasteiger partial charge in [-0.05, 0) is 31.6 Å². The van der Waals surface area contributed by atoms with Crippen molar-refractivity contribution in [3.05, 3.63) is 18.7 Å². The SMILES string of the molecule is CC1CCC(Nc2ncnc3nccnc23)CC1. The van der Waals surface area contributed by atoms with Crippen LogP contribution < -0.4 is 5.32 Å². The van der Waals surface area contributed by atoms with Crippen LogP contribution in [-0.4, -0.2) is 26.0 Å². The van der Waals surface area contributed by atoms with E-state index in [1.807, 2.05) is 0 Å². The van der Waals surface area contributed by atoms with Gasteiger partial charge in [-0.3, -0.25) is 0 Å². The first-order valence-electron chi connectivity index (χ1n) is 6.51. The predicted molar refractivity (Wildman–Crippen MR) is 70.2 cm³/mol. The molecule has 1 aliphatic carbocycles. The number of aromatic nitrogens is 4. The Hall–Kier alpha value is -1.78. The highest BCUT2D eigenvalue weighted by Gasteiger charge is 2.19. The van der Waals surface area contributed by atoms with Crippen molar-refractivity contribution in [1.29, 1.82) is 0 Å². The van der Waals surface area contributed by atoms with Crippen molar-refractivity contribution in [2.75, 3.05) is 5.32 Å². The Balaban J connectivity index is 1.82. The average molecular weight is 243 g/mol. The normalized spacial score (nSPS) is 24.1. The molecule has 0 atom stereocenters. The number of nitrogens with zero attached hydrogens (tertiary/aromatic N) is 4. The monoisotopic (exact) mass is 243 g/mol. The summed E-state index contributed by atoms with van der Waals surface area (Å²) in [5.74, 6) is 1.66. The van der Waals surface area contributed by atoms with Gasteiger partial charge in [-0.2, -0.15) is 0 Å². The van der Waals surface area contributed by atoms with Crippen LogP contribution >= 0.6 is 0 Å². The minimum Gasteiger partial charge on any atom is -0.365 e. The van der Waals surface area contributed by atoms with Crippen molar-refractivity contribution in [3.63, 3.8) is 0 Å². The Kier molecular flexibility index (Phi) is 3.04. The lowest BCUT2D eigenvalue weighted by Crippen LogP contribution is -2.25. The van der Waals surface area contributed by atoms with Gasteiger partial charge in [0.2, 0.25) is 0 Å². The van der Waals surface area contributed by atoms with Crippen molar-refractivity contribution in [3.8, 4) is 0 Å². The van der Waals surface area contributed by atoms with E-state index < -0.39 is 0 Å². The highest BCUT2D eigenvalue weighted by atomic mass is 15.1. The van der Waals surface area contributed by atoms with Gasteiger partial charge in [0.05, 0.1) is 0 Å². The summed E-state index contributed by atoms with van der Waals surface area (Å²) in [5.41, 5.74) is 1.41. The second kappa shape index (κ2) is 4.84. The average Bonchev–Trinajstić information content (AvgIpc) is 2.42. The molecule has 1 saturated carbocycles. The smallest absolute Gasteiger partial charge is 0.183 e. The number of hydrogen-bond donors (Lipinski definition) is 1. The highest BCUT2D eigenvalue weighted by Crippen LogP contribution is 2.26. The van der Waals surface area contributed by atoms with Gasteiger partial charge in [0, 0.05) is 18.4 Å². The number of nitrogens with one attached hydrogen (secondary N) is 1. The molecule has 0 aromatic carbocycles. The molecule has 0 bridgehead atoms. The third kappa shape index (κ3) is 2.25. The Bertz CT molecular complexity index is 528. The summed E-state index contributed by atoms with van der Waals surface area (Å²) in [6.45, 7) is 2.32. The fourth-order valence-electron chi connectivity index (χ4n) is 2.50. The maximum Gasteiger partial charge on any atom is 0.183 e. The standard InChI is InChI=1S/C13H17N5/c1-9-2-4-10(5-3-9)18-13-11-12(16-8-17-13)15-7-6-14-11/h6-10H,2-5H2,1H3,(H,15,16,17,18). The van der Waals surface area contributed by atoms with Gasteiger partial charge in [0.1, 0.15) is 11.8 Å². The van der Waals surface area contributed by atoms with E-state index in [9.17, 15) is 0 Å². The molecule has 0 amide bonds. The fraction of sp³-hybridized carbons (Fsp3) is 0.538. The molecule has 1 aliphatic rings. The molecule has 3 rings (SSSR count). The lowest BCUT2D eigenvalue weighted by molar-refractivity contribution is 0.361. The van der Waals surface area contributed by atoms with E-state index in [-0.39, 0.29) is 0 Å². The van der Waals surface area contributed by atoms with Crippen LogP contribution in [0.3, 0.4) is 0 Å². The molecule has 5 heteroatoms. The van der Waals surface area contributed by atoms with Crippen molar-refractivity contribution in [1.82, 2.24) is 19.9 Å². The molecular weight excluding hydrogens is 226 g/mol.